The number of para-hydroxylation sites is 1. The van der Waals surface area contributed by atoms with Crippen molar-refractivity contribution in [3.8, 4) is 0 Å². The molecule has 0 aliphatic heterocycles. The maximum atomic E-state index is 5.92. The number of nitrogens with zero attached hydrogens (tertiary/aromatic N) is 1. The molecule has 0 spiro atoms. The van der Waals surface area contributed by atoms with E-state index in [2.05, 4.69) is 24.9 Å². The summed E-state index contributed by atoms with van der Waals surface area (Å²) >= 11 is 0. The first-order valence-electron chi connectivity index (χ1n) is 6.07. The van der Waals surface area contributed by atoms with E-state index < -0.39 is 0 Å². The molecule has 0 aliphatic carbocycles. The number of likely N-dealkylation sites (N-methyl/N-ethyl adjacent to an activating group) is 1. The van der Waals surface area contributed by atoms with E-state index in [1.165, 1.54) is 10.9 Å². The second kappa shape index (κ2) is 4.90. The molecular formula is C14H20N2O. The van der Waals surface area contributed by atoms with Gasteiger partial charge in [-0.25, -0.2) is 0 Å². The molecule has 0 radical (unpaired) electrons. The van der Waals surface area contributed by atoms with Gasteiger partial charge in [-0.15, -0.1) is 0 Å². The van der Waals surface area contributed by atoms with Gasteiger partial charge in [0.2, 0.25) is 0 Å². The Bertz CT molecular complexity index is 504. The predicted octanol–water partition coefficient (Wildman–Crippen LogP) is 2.69. The highest BCUT2D eigenvalue weighted by atomic mass is 16.3. The topological polar surface area (TPSA) is 42.4 Å². The highest BCUT2D eigenvalue weighted by Gasteiger charge is 2.21. The van der Waals surface area contributed by atoms with Gasteiger partial charge in [0.25, 0.3) is 0 Å². The van der Waals surface area contributed by atoms with Gasteiger partial charge in [-0.3, -0.25) is 4.90 Å². The smallest absolute Gasteiger partial charge is 0.134 e. The number of rotatable bonds is 4. The van der Waals surface area contributed by atoms with Crippen molar-refractivity contribution in [2.45, 2.75) is 19.9 Å². The van der Waals surface area contributed by atoms with E-state index in [0.29, 0.717) is 6.54 Å². The highest BCUT2D eigenvalue weighted by Crippen LogP contribution is 2.32. The fraction of sp³-hybridized carbons (Fsp3) is 0.429. The van der Waals surface area contributed by atoms with Crippen LogP contribution in [-0.2, 0) is 0 Å². The first-order chi connectivity index (χ1) is 8.19. The van der Waals surface area contributed by atoms with Crippen LogP contribution in [0.2, 0.25) is 0 Å². The number of hydrogen-bond donors (Lipinski definition) is 1. The Kier molecular flexibility index (Phi) is 3.50. The molecule has 0 amide bonds. The molecule has 0 aliphatic rings. The molecule has 1 unspecified atom stereocenters. The summed E-state index contributed by atoms with van der Waals surface area (Å²) in [4.78, 5) is 2.25. The van der Waals surface area contributed by atoms with Crippen molar-refractivity contribution in [1.29, 1.82) is 0 Å². The predicted molar refractivity (Wildman–Crippen MR) is 71.1 cm³/mol. The molecule has 92 valence electrons. The lowest BCUT2D eigenvalue weighted by Gasteiger charge is -2.25. The normalized spacial score (nSPS) is 13.5. The van der Waals surface area contributed by atoms with Crippen LogP contribution in [0, 0.1) is 6.92 Å². The Balaban J connectivity index is 2.56. The van der Waals surface area contributed by atoms with Crippen molar-refractivity contribution in [3.63, 3.8) is 0 Å². The fourth-order valence-electron chi connectivity index (χ4n) is 2.34. The van der Waals surface area contributed by atoms with Crippen LogP contribution in [0.3, 0.4) is 0 Å². The number of hydrogen-bond acceptors (Lipinski definition) is 3. The third-order valence-corrected chi connectivity index (χ3v) is 3.41. The molecule has 1 aromatic heterocycles. The summed E-state index contributed by atoms with van der Waals surface area (Å²) in [6.07, 6.45) is 0. The average molecular weight is 232 g/mol. The van der Waals surface area contributed by atoms with Gasteiger partial charge in [0.1, 0.15) is 11.3 Å². The zero-order chi connectivity index (χ0) is 12.4. The molecule has 0 saturated carbocycles. The lowest BCUT2D eigenvalue weighted by molar-refractivity contribution is 0.262. The van der Waals surface area contributed by atoms with E-state index in [0.717, 1.165) is 17.9 Å². The standard InChI is InChI=1S/C14H20N2O/c1-4-16(3)12(9-15)14-10(2)17-13-8-6-5-7-11(13)14/h5-8,12H,4,9,15H2,1-3H3. The van der Waals surface area contributed by atoms with Crippen LogP contribution in [0.15, 0.2) is 28.7 Å². The van der Waals surface area contributed by atoms with Crippen molar-refractivity contribution in [1.82, 2.24) is 4.90 Å². The largest absolute Gasteiger partial charge is 0.461 e. The van der Waals surface area contributed by atoms with E-state index >= 15 is 0 Å². The average Bonchev–Trinajstić information content (AvgIpc) is 2.67. The van der Waals surface area contributed by atoms with Crippen LogP contribution < -0.4 is 5.73 Å². The van der Waals surface area contributed by atoms with Crippen molar-refractivity contribution in [2.75, 3.05) is 20.1 Å². The third kappa shape index (κ3) is 2.08. The van der Waals surface area contributed by atoms with Crippen LogP contribution in [0.4, 0.5) is 0 Å². The number of benzene rings is 1. The molecule has 2 N–H and O–H groups in total. The Morgan fingerprint density at radius 2 is 2.06 bits per heavy atom. The van der Waals surface area contributed by atoms with Crippen LogP contribution >= 0.6 is 0 Å². The Labute approximate surface area is 102 Å². The molecule has 2 rings (SSSR count). The maximum Gasteiger partial charge on any atom is 0.134 e. The number of nitrogens with two attached hydrogens (primary N) is 1. The van der Waals surface area contributed by atoms with Crippen LogP contribution in [-0.4, -0.2) is 25.0 Å². The van der Waals surface area contributed by atoms with E-state index in [4.69, 9.17) is 10.2 Å². The molecule has 3 heteroatoms. The SMILES string of the molecule is CCN(C)C(CN)c1c(C)oc2ccccc12. The number of aryl methyl sites for hydroxylation is 1. The van der Waals surface area contributed by atoms with Crippen LogP contribution in [0.5, 0.6) is 0 Å². The number of furan rings is 1. The minimum Gasteiger partial charge on any atom is -0.461 e. The Morgan fingerprint density at radius 1 is 1.35 bits per heavy atom. The molecule has 0 saturated heterocycles. The minimum absolute atomic E-state index is 0.226. The van der Waals surface area contributed by atoms with Crippen molar-refractivity contribution in [3.05, 3.63) is 35.6 Å². The lowest BCUT2D eigenvalue weighted by atomic mass is 10.0. The lowest BCUT2D eigenvalue weighted by Crippen LogP contribution is -2.30. The quantitative estimate of drug-likeness (QED) is 0.881. The Morgan fingerprint density at radius 3 is 2.71 bits per heavy atom. The summed E-state index contributed by atoms with van der Waals surface area (Å²) < 4.78 is 5.79. The molecule has 0 fully saturated rings. The van der Waals surface area contributed by atoms with Gasteiger partial charge in [0, 0.05) is 17.5 Å². The summed E-state index contributed by atoms with van der Waals surface area (Å²) in [6.45, 7) is 5.73. The minimum atomic E-state index is 0.226. The van der Waals surface area contributed by atoms with Gasteiger partial charge >= 0.3 is 0 Å². The number of fused-ring (bicyclic) bond motifs is 1. The zero-order valence-corrected chi connectivity index (χ0v) is 10.7. The molecule has 1 heterocycles. The molecule has 17 heavy (non-hydrogen) atoms. The summed E-state index contributed by atoms with van der Waals surface area (Å²) in [5.41, 5.74) is 8.09. The van der Waals surface area contributed by atoms with Gasteiger partial charge in [0.05, 0.1) is 6.04 Å². The van der Waals surface area contributed by atoms with Crippen molar-refractivity contribution >= 4 is 11.0 Å². The summed E-state index contributed by atoms with van der Waals surface area (Å²) in [5, 5.41) is 1.18. The van der Waals surface area contributed by atoms with E-state index in [-0.39, 0.29) is 6.04 Å². The highest BCUT2D eigenvalue weighted by molar-refractivity contribution is 5.82. The van der Waals surface area contributed by atoms with Gasteiger partial charge in [0.15, 0.2) is 0 Å². The first kappa shape index (κ1) is 12.1. The molecular weight excluding hydrogens is 212 g/mol. The van der Waals surface area contributed by atoms with Crippen molar-refractivity contribution in [2.24, 2.45) is 5.73 Å². The van der Waals surface area contributed by atoms with E-state index in [1.807, 2.05) is 25.1 Å². The zero-order valence-electron chi connectivity index (χ0n) is 10.7. The fourth-order valence-corrected chi connectivity index (χ4v) is 2.34. The maximum absolute atomic E-state index is 5.92. The molecule has 1 atom stereocenters. The van der Waals surface area contributed by atoms with Crippen LogP contribution in [0.25, 0.3) is 11.0 Å². The molecule has 3 nitrogen and oxygen atoms in total. The van der Waals surface area contributed by atoms with Gasteiger partial charge in [-0.1, -0.05) is 25.1 Å². The summed E-state index contributed by atoms with van der Waals surface area (Å²) in [5.74, 6) is 0.974. The van der Waals surface area contributed by atoms with E-state index in [1.54, 1.807) is 0 Å². The van der Waals surface area contributed by atoms with Crippen LogP contribution in [0.1, 0.15) is 24.3 Å². The second-order valence-corrected chi connectivity index (χ2v) is 4.39. The van der Waals surface area contributed by atoms with Gasteiger partial charge in [-0.05, 0) is 26.6 Å². The monoisotopic (exact) mass is 232 g/mol. The molecule has 0 bridgehead atoms. The second-order valence-electron chi connectivity index (χ2n) is 4.39. The Hall–Kier alpha value is -1.32. The molecule has 2 aromatic rings. The summed E-state index contributed by atoms with van der Waals surface area (Å²) in [7, 11) is 2.10. The van der Waals surface area contributed by atoms with Gasteiger partial charge in [-0.2, -0.15) is 0 Å². The molecule has 1 aromatic carbocycles. The summed E-state index contributed by atoms with van der Waals surface area (Å²) in [6, 6.07) is 8.37. The van der Waals surface area contributed by atoms with Gasteiger partial charge < -0.3 is 10.2 Å². The first-order valence-corrected chi connectivity index (χ1v) is 6.07. The van der Waals surface area contributed by atoms with E-state index in [9.17, 15) is 0 Å². The van der Waals surface area contributed by atoms with Crippen molar-refractivity contribution < 1.29 is 4.42 Å². The third-order valence-electron chi connectivity index (χ3n) is 3.41.